The highest BCUT2D eigenvalue weighted by Gasteiger charge is 3.03. The number of carbonyl (C=O) groups is 1. The third-order valence-electron chi connectivity index (χ3n) is 8.35. The zero-order valence-corrected chi connectivity index (χ0v) is 29.5. The molecule has 0 aromatic rings. The van der Waals surface area contributed by atoms with Gasteiger partial charge in [0.1, 0.15) is 0 Å². The van der Waals surface area contributed by atoms with Crippen molar-refractivity contribution in [1.29, 1.82) is 0 Å². The molecule has 2 nitrogen and oxygen atoms in total. The maximum Gasteiger partial charge on any atom is 0.460 e. The molecule has 68 heavy (non-hydrogen) atoms. The van der Waals surface area contributed by atoms with Crippen LogP contribution in [0.1, 0.15) is 6.42 Å². The van der Waals surface area contributed by atoms with E-state index in [1.165, 1.54) is 0 Å². The van der Waals surface area contributed by atoms with Crippen molar-refractivity contribution in [2.75, 3.05) is 6.61 Å². The highest BCUT2D eigenvalue weighted by Crippen LogP contribution is 2.71. The summed E-state index contributed by atoms with van der Waals surface area (Å²) >= 11 is 0. The largest absolute Gasteiger partial charge is 0.462 e. The standard InChI is InChI=1S/C25H7F41O2/c1-2-5(67)68-4-3-6(26,27)7(28,29)8(30,31)9(32,33)10(34,35)11(36,37)12(38,39)13(40,41)14(42,43)15(44,45)16(46,47)17(48,49)18(50,51)19(52,53)20(54,55)21(56,57)22(58,59)23(60,61)24(62,63)25(64,65)66/h2H,1,3-4H2. The Hall–Kier alpha value is -3.66. The van der Waals surface area contributed by atoms with Gasteiger partial charge in [0, 0.05) is 6.08 Å². The van der Waals surface area contributed by atoms with E-state index in [0.29, 0.717) is 0 Å². The number of ether oxygens (including phenoxy) is 1. The van der Waals surface area contributed by atoms with Gasteiger partial charge in [0.15, 0.2) is 0 Å². The molecule has 0 spiro atoms. The molecule has 0 amide bonds. The van der Waals surface area contributed by atoms with E-state index in [9.17, 15) is 185 Å². The summed E-state index contributed by atoms with van der Waals surface area (Å²) in [7, 11) is 0. The fourth-order valence-corrected chi connectivity index (χ4v) is 4.06. The van der Waals surface area contributed by atoms with Crippen molar-refractivity contribution in [2.45, 2.75) is 125 Å². The molecular formula is C25H7F41O2. The van der Waals surface area contributed by atoms with Crippen LogP contribution in [-0.4, -0.2) is 131 Å². The van der Waals surface area contributed by atoms with Gasteiger partial charge >= 0.3 is 125 Å². The number of esters is 1. The minimum absolute atomic E-state index is 0.130. The Morgan fingerprint density at radius 1 is 0.279 bits per heavy atom. The molecule has 0 aromatic heterocycles. The maximum atomic E-state index is 14.1. The van der Waals surface area contributed by atoms with Crippen molar-refractivity contribution < 1.29 is 190 Å². The second-order valence-corrected chi connectivity index (χ2v) is 12.7. The molecule has 406 valence electrons. The Morgan fingerprint density at radius 3 is 0.574 bits per heavy atom. The first-order valence-electron chi connectivity index (χ1n) is 14.7. The second-order valence-electron chi connectivity index (χ2n) is 12.7. The predicted octanol–water partition coefficient (Wildman–Crippen LogP) is 13.7. The summed E-state index contributed by atoms with van der Waals surface area (Å²) < 4.78 is 566. The quantitative estimate of drug-likeness (QED) is 0.0614. The Balaban J connectivity index is 7.90. The van der Waals surface area contributed by atoms with E-state index in [1.807, 2.05) is 0 Å². The van der Waals surface area contributed by atoms with Crippen LogP contribution in [0, 0.1) is 0 Å². The Bertz CT molecular complexity index is 1840. The van der Waals surface area contributed by atoms with Gasteiger partial charge in [0.2, 0.25) is 0 Å². The maximum absolute atomic E-state index is 14.1. The van der Waals surface area contributed by atoms with Crippen molar-refractivity contribution in [3.63, 3.8) is 0 Å². The van der Waals surface area contributed by atoms with E-state index in [4.69, 9.17) is 0 Å². The van der Waals surface area contributed by atoms with Crippen LogP contribution in [0.3, 0.4) is 0 Å². The monoisotopic (exact) mass is 1120 g/mol. The van der Waals surface area contributed by atoms with Gasteiger partial charge in [-0.05, 0) is 0 Å². The Kier molecular flexibility index (Phi) is 15.3. The summed E-state index contributed by atoms with van der Waals surface area (Å²) in [4.78, 5) is 10.7. The van der Waals surface area contributed by atoms with Crippen LogP contribution < -0.4 is 0 Å². The van der Waals surface area contributed by atoms with Crippen LogP contribution in [0.2, 0.25) is 0 Å². The molecule has 0 aliphatic heterocycles. The predicted molar refractivity (Wildman–Crippen MR) is 126 cm³/mol. The van der Waals surface area contributed by atoms with Gasteiger partial charge in [0.25, 0.3) is 0 Å². The molecule has 0 atom stereocenters. The zero-order chi connectivity index (χ0) is 56.4. The lowest BCUT2D eigenvalue weighted by molar-refractivity contribution is -0.495. The number of rotatable bonds is 22. The summed E-state index contributed by atoms with van der Waals surface area (Å²) in [5, 5.41) is 0. The fourth-order valence-electron chi connectivity index (χ4n) is 4.06. The third-order valence-corrected chi connectivity index (χ3v) is 8.35. The van der Waals surface area contributed by atoms with Crippen LogP contribution in [0.4, 0.5) is 180 Å². The molecule has 0 bridgehead atoms. The van der Waals surface area contributed by atoms with Gasteiger partial charge in [-0.1, -0.05) is 6.58 Å². The number of halogens is 41. The number of hydrogen-bond donors (Lipinski definition) is 0. The average molecular weight is 1120 g/mol. The molecule has 43 heteroatoms. The van der Waals surface area contributed by atoms with Gasteiger partial charge in [-0.3, -0.25) is 0 Å². The van der Waals surface area contributed by atoms with E-state index in [-0.39, 0.29) is 6.08 Å². The van der Waals surface area contributed by atoms with E-state index in [1.54, 1.807) is 0 Å². The van der Waals surface area contributed by atoms with Crippen molar-refractivity contribution in [3.05, 3.63) is 12.7 Å². The molecule has 0 unspecified atom stereocenters. The highest BCUT2D eigenvalue weighted by atomic mass is 19.4. The lowest BCUT2D eigenvalue weighted by atomic mass is 9.81. The first-order chi connectivity index (χ1) is 28.7. The third kappa shape index (κ3) is 7.54. The molecule has 0 aliphatic carbocycles. The van der Waals surface area contributed by atoms with Gasteiger partial charge in [-0.2, -0.15) is 180 Å². The second kappa shape index (κ2) is 16.2. The summed E-state index contributed by atoms with van der Waals surface area (Å²) in [6, 6.07) is 0. The first-order valence-corrected chi connectivity index (χ1v) is 14.7. The minimum Gasteiger partial charge on any atom is -0.462 e. The van der Waals surface area contributed by atoms with Gasteiger partial charge in [0.05, 0.1) is 13.0 Å². The highest BCUT2D eigenvalue weighted by molar-refractivity contribution is 5.81. The summed E-state index contributed by atoms with van der Waals surface area (Å²) in [5.41, 5.74) is 0. The molecule has 0 radical (unpaired) electrons. The molecule has 0 saturated carbocycles. The molecule has 0 N–H and O–H groups in total. The summed E-state index contributed by atoms with van der Waals surface area (Å²) in [6.45, 7) is -0.0682. The number of carbonyl (C=O) groups excluding carboxylic acids is 1. The van der Waals surface area contributed by atoms with Crippen molar-refractivity contribution in [3.8, 4) is 0 Å². The van der Waals surface area contributed by atoms with E-state index in [0.717, 1.165) is 0 Å². The molecule has 0 heterocycles. The molecule has 0 aliphatic rings. The number of alkyl halides is 41. The number of hydrogen-bond acceptors (Lipinski definition) is 2. The zero-order valence-electron chi connectivity index (χ0n) is 29.5. The van der Waals surface area contributed by atoms with E-state index in [2.05, 4.69) is 11.3 Å². The normalized spacial score (nSPS) is 16.8. The topological polar surface area (TPSA) is 26.3 Å². The summed E-state index contributed by atoms with van der Waals surface area (Å²) in [5.74, 6) is -191. The van der Waals surface area contributed by atoms with Crippen LogP contribution >= 0.6 is 0 Å². The first kappa shape index (κ1) is 64.3. The van der Waals surface area contributed by atoms with E-state index >= 15 is 0 Å². The minimum atomic E-state index is -10.6. The smallest absolute Gasteiger partial charge is 0.460 e. The van der Waals surface area contributed by atoms with Crippen molar-refractivity contribution in [2.24, 2.45) is 0 Å². The fraction of sp³-hybridized carbons (Fsp3) is 0.880. The van der Waals surface area contributed by atoms with Gasteiger partial charge < -0.3 is 4.74 Å². The van der Waals surface area contributed by atoms with Crippen LogP contribution in [0.15, 0.2) is 12.7 Å². The lowest BCUT2D eigenvalue weighted by Crippen LogP contribution is -2.80. The Labute approximate surface area is 341 Å². The molecular weight excluding hydrogens is 1110 g/mol. The average Bonchev–Trinajstić information content (AvgIpc) is 3.12. The lowest BCUT2D eigenvalue weighted by Gasteiger charge is -2.47. The van der Waals surface area contributed by atoms with Gasteiger partial charge in [-0.15, -0.1) is 0 Å². The molecule has 0 rings (SSSR count). The van der Waals surface area contributed by atoms with Crippen LogP contribution in [0.25, 0.3) is 0 Å². The molecule has 0 fully saturated rings. The van der Waals surface area contributed by atoms with Crippen LogP contribution in [-0.2, 0) is 9.53 Å². The summed E-state index contributed by atoms with van der Waals surface area (Å²) in [6.07, 6.45) is -12.1. The molecule has 0 saturated heterocycles. The van der Waals surface area contributed by atoms with Crippen LogP contribution in [0.5, 0.6) is 0 Å². The Morgan fingerprint density at radius 2 is 0.426 bits per heavy atom. The van der Waals surface area contributed by atoms with E-state index < -0.39 is 138 Å². The van der Waals surface area contributed by atoms with Crippen molar-refractivity contribution >= 4 is 5.97 Å². The molecule has 0 aromatic carbocycles. The van der Waals surface area contributed by atoms with Crippen molar-refractivity contribution in [1.82, 2.24) is 0 Å². The van der Waals surface area contributed by atoms with Gasteiger partial charge in [-0.25, -0.2) is 4.79 Å². The SMILES string of the molecule is C=CC(=O)OCCC(F)(F)C(F)(F)C(F)(F)C(F)(F)C(F)(F)C(F)(F)C(F)(F)C(F)(F)C(F)(F)C(F)(F)C(F)(F)C(F)(F)C(F)(F)C(F)(F)C(F)(F)C(F)(F)C(F)(F)C(F)(F)C(F)(F)C(F)(F)F.